The Balaban J connectivity index is 2.22. The van der Waals surface area contributed by atoms with E-state index in [4.69, 9.17) is 28.9 Å². The normalized spacial score (nSPS) is 10.0. The highest BCUT2D eigenvalue weighted by Crippen LogP contribution is 2.17. The highest BCUT2D eigenvalue weighted by molar-refractivity contribution is 6.31. The van der Waals surface area contributed by atoms with Crippen LogP contribution in [0.15, 0.2) is 48.5 Å². The van der Waals surface area contributed by atoms with Crippen LogP contribution in [-0.2, 0) is 0 Å². The molecule has 5 nitrogen and oxygen atoms in total. The average molecular weight is 324 g/mol. The van der Waals surface area contributed by atoms with Crippen LogP contribution in [0.1, 0.15) is 10.4 Å². The van der Waals surface area contributed by atoms with Crippen LogP contribution in [0.4, 0.5) is 10.5 Å². The first-order valence-electron chi connectivity index (χ1n) is 5.89. The minimum absolute atomic E-state index is 0.308. The SMILES string of the molecule is NC(=O)N(NC(=O)c1cccc(Cl)c1)c1ccc(Cl)cc1. The second-order valence-corrected chi connectivity index (χ2v) is 4.97. The molecule has 2 aromatic rings. The summed E-state index contributed by atoms with van der Waals surface area (Å²) >= 11 is 11.6. The lowest BCUT2D eigenvalue weighted by atomic mass is 10.2. The second-order valence-electron chi connectivity index (χ2n) is 4.10. The first-order valence-corrected chi connectivity index (χ1v) is 6.64. The molecule has 0 saturated carbocycles. The Labute approximate surface area is 131 Å². The lowest BCUT2D eigenvalue weighted by molar-refractivity contribution is 0.0951. The Morgan fingerprint density at radius 1 is 1.00 bits per heavy atom. The van der Waals surface area contributed by atoms with Gasteiger partial charge in [-0.25, -0.2) is 9.80 Å². The van der Waals surface area contributed by atoms with E-state index in [1.165, 1.54) is 6.07 Å². The highest BCUT2D eigenvalue weighted by Gasteiger charge is 2.16. The molecule has 2 aromatic carbocycles. The van der Waals surface area contributed by atoms with E-state index in [1.54, 1.807) is 42.5 Å². The Morgan fingerprint density at radius 3 is 2.24 bits per heavy atom. The Morgan fingerprint density at radius 2 is 1.67 bits per heavy atom. The molecule has 0 aliphatic carbocycles. The maximum atomic E-state index is 12.1. The fourth-order valence-corrected chi connectivity index (χ4v) is 1.95. The van der Waals surface area contributed by atoms with Crippen molar-refractivity contribution in [1.29, 1.82) is 0 Å². The zero-order valence-corrected chi connectivity index (χ0v) is 12.2. The van der Waals surface area contributed by atoms with Crippen molar-refractivity contribution in [3.8, 4) is 0 Å². The van der Waals surface area contributed by atoms with Gasteiger partial charge in [-0.05, 0) is 42.5 Å². The van der Waals surface area contributed by atoms with Crippen LogP contribution in [0.25, 0.3) is 0 Å². The van der Waals surface area contributed by atoms with E-state index in [1.807, 2.05) is 0 Å². The Kier molecular flexibility index (Phi) is 4.67. The lowest BCUT2D eigenvalue weighted by Crippen LogP contribution is -2.49. The van der Waals surface area contributed by atoms with Crippen LogP contribution in [0.3, 0.4) is 0 Å². The quantitative estimate of drug-likeness (QED) is 0.832. The van der Waals surface area contributed by atoms with Gasteiger partial charge in [0.05, 0.1) is 5.69 Å². The van der Waals surface area contributed by atoms with Crippen LogP contribution in [0.5, 0.6) is 0 Å². The maximum absolute atomic E-state index is 12.1. The Bertz CT molecular complexity index is 674. The number of nitrogens with two attached hydrogens (primary N) is 1. The smallest absolute Gasteiger partial charge is 0.338 e. The number of halogens is 2. The molecule has 0 radical (unpaired) electrons. The first kappa shape index (κ1) is 15.2. The number of rotatable bonds is 2. The third-order valence-electron chi connectivity index (χ3n) is 2.61. The van der Waals surface area contributed by atoms with Gasteiger partial charge in [0.25, 0.3) is 5.91 Å². The molecule has 0 unspecified atom stereocenters. The average Bonchev–Trinajstić information content (AvgIpc) is 2.45. The van der Waals surface area contributed by atoms with Crippen molar-refractivity contribution in [2.45, 2.75) is 0 Å². The molecule has 0 atom stereocenters. The summed E-state index contributed by atoms with van der Waals surface area (Å²) in [6.45, 7) is 0. The molecule has 0 spiro atoms. The molecule has 7 heteroatoms. The number of carbonyl (C=O) groups excluding carboxylic acids is 2. The fraction of sp³-hybridized carbons (Fsp3) is 0. The number of hydrazine groups is 1. The number of hydrogen-bond acceptors (Lipinski definition) is 2. The van der Waals surface area contributed by atoms with Crippen LogP contribution in [0, 0.1) is 0 Å². The van der Waals surface area contributed by atoms with E-state index in [0.29, 0.717) is 21.3 Å². The standard InChI is InChI=1S/C14H11Cl2N3O2/c15-10-4-6-12(7-5-10)19(14(17)21)18-13(20)9-2-1-3-11(16)8-9/h1-8H,(H2,17,21)(H,18,20). The van der Waals surface area contributed by atoms with Gasteiger partial charge in [0.2, 0.25) is 0 Å². The molecule has 0 bridgehead atoms. The van der Waals surface area contributed by atoms with E-state index in [9.17, 15) is 9.59 Å². The maximum Gasteiger partial charge on any atom is 0.338 e. The molecule has 0 aromatic heterocycles. The molecular formula is C14H11Cl2N3O2. The number of benzene rings is 2. The number of primary amides is 1. The van der Waals surface area contributed by atoms with Gasteiger partial charge >= 0.3 is 6.03 Å². The van der Waals surface area contributed by atoms with E-state index in [-0.39, 0.29) is 0 Å². The zero-order valence-electron chi connectivity index (χ0n) is 10.7. The van der Waals surface area contributed by atoms with Crippen LogP contribution in [-0.4, -0.2) is 11.9 Å². The van der Waals surface area contributed by atoms with Gasteiger partial charge in [0, 0.05) is 15.6 Å². The van der Waals surface area contributed by atoms with Gasteiger partial charge in [0.15, 0.2) is 0 Å². The molecule has 0 heterocycles. The van der Waals surface area contributed by atoms with Crippen molar-refractivity contribution in [2.24, 2.45) is 5.73 Å². The molecule has 3 N–H and O–H groups in total. The van der Waals surface area contributed by atoms with Crippen LogP contribution in [0.2, 0.25) is 10.0 Å². The van der Waals surface area contributed by atoms with Gasteiger partial charge in [-0.2, -0.15) is 0 Å². The molecule has 0 aliphatic heterocycles. The summed E-state index contributed by atoms with van der Waals surface area (Å²) in [5.41, 5.74) is 8.39. The monoisotopic (exact) mass is 323 g/mol. The van der Waals surface area contributed by atoms with E-state index in [0.717, 1.165) is 5.01 Å². The molecule has 0 aliphatic rings. The predicted octanol–water partition coefficient (Wildman–Crippen LogP) is 3.22. The molecule has 0 fully saturated rings. The Hall–Kier alpha value is -2.24. The van der Waals surface area contributed by atoms with E-state index >= 15 is 0 Å². The van der Waals surface area contributed by atoms with Gasteiger partial charge in [-0.15, -0.1) is 0 Å². The summed E-state index contributed by atoms with van der Waals surface area (Å²) in [4.78, 5) is 23.6. The van der Waals surface area contributed by atoms with Crippen molar-refractivity contribution in [3.05, 3.63) is 64.1 Å². The number of anilines is 1. The third kappa shape index (κ3) is 3.87. The van der Waals surface area contributed by atoms with Crippen LogP contribution >= 0.6 is 23.2 Å². The molecule has 108 valence electrons. The molecule has 2 rings (SSSR count). The highest BCUT2D eigenvalue weighted by atomic mass is 35.5. The molecule has 21 heavy (non-hydrogen) atoms. The molecule has 3 amide bonds. The zero-order chi connectivity index (χ0) is 15.4. The number of nitrogens with zero attached hydrogens (tertiary/aromatic N) is 1. The predicted molar refractivity (Wildman–Crippen MR) is 82.4 cm³/mol. The van der Waals surface area contributed by atoms with Crippen molar-refractivity contribution >= 4 is 40.8 Å². The summed E-state index contributed by atoms with van der Waals surface area (Å²) in [7, 11) is 0. The molecular weight excluding hydrogens is 313 g/mol. The summed E-state index contributed by atoms with van der Waals surface area (Å²) in [5, 5.41) is 1.85. The first-order chi connectivity index (χ1) is 9.97. The van der Waals surface area contributed by atoms with Crippen molar-refractivity contribution in [1.82, 2.24) is 5.43 Å². The fourth-order valence-electron chi connectivity index (χ4n) is 1.63. The topological polar surface area (TPSA) is 75.4 Å². The van der Waals surface area contributed by atoms with Crippen molar-refractivity contribution in [3.63, 3.8) is 0 Å². The number of amides is 3. The van der Waals surface area contributed by atoms with E-state index < -0.39 is 11.9 Å². The summed E-state index contributed by atoms with van der Waals surface area (Å²) in [5.74, 6) is -0.508. The number of urea groups is 1. The second kappa shape index (κ2) is 6.47. The van der Waals surface area contributed by atoms with Gasteiger partial charge in [-0.1, -0.05) is 29.3 Å². The summed E-state index contributed by atoms with van der Waals surface area (Å²) in [6, 6.07) is 11.8. The third-order valence-corrected chi connectivity index (χ3v) is 3.09. The van der Waals surface area contributed by atoms with E-state index in [2.05, 4.69) is 5.43 Å². The summed E-state index contributed by atoms with van der Waals surface area (Å²) < 4.78 is 0. The number of hydrogen-bond donors (Lipinski definition) is 2. The molecule has 0 saturated heterocycles. The van der Waals surface area contributed by atoms with Gasteiger partial charge in [-0.3, -0.25) is 10.2 Å². The largest absolute Gasteiger partial charge is 0.350 e. The van der Waals surface area contributed by atoms with Crippen molar-refractivity contribution < 1.29 is 9.59 Å². The summed E-state index contributed by atoms with van der Waals surface area (Å²) in [6.07, 6.45) is 0. The minimum Gasteiger partial charge on any atom is -0.350 e. The van der Waals surface area contributed by atoms with Crippen molar-refractivity contribution in [2.75, 3.05) is 5.01 Å². The van der Waals surface area contributed by atoms with Gasteiger partial charge < -0.3 is 5.73 Å². The number of carbonyl (C=O) groups is 2. The minimum atomic E-state index is -0.826. The lowest BCUT2D eigenvalue weighted by Gasteiger charge is -2.21. The van der Waals surface area contributed by atoms with Gasteiger partial charge in [0.1, 0.15) is 0 Å². The number of nitrogens with one attached hydrogen (secondary N) is 1. The van der Waals surface area contributed by atoms with Crippen LogP contribution < -0.4 is 16.2 Å².